The van der Waals surface area contributed by atoms with Gasteiger partial charge in [-0.2, -0.15) is 0 Å². The summed E-state index contributed by atoms with van der Waals surface area (Å²) in [5.74, 6) is 0.990. The largest absolute Gasteiger partial charge is 0.360 e. The van der Waals surface area contributed by atoms with Gasteiger partial charge in [0.25, 0.3) is 0 Å². The molecule has 3 aliphatic rings. The standard InChI is InChI=1S/C20H29ClN4O3/c1-23-12-8-20(19(27)24-9-2-3-10-24)7-4-11-25(16(20)14-23)18(26)6-5-15-13-17(21)22-28-15/h13,16H,2-12,14H2,1H3/t16-,20+/m0/s1. The first kappa shape index (κ1) is 19.7. The summed E-state index contributed by atoms with van der Waals surface area (Å²) in [6.07, 6.45) is 5.63. The molecule has 8 heteroatoms. The molecular weight excluding hydrogens is 380 g/mol. The van der Waals surface area contributed by atoms with Crippen molar-refractivity contribution in [3.8, 4) is 0 Å². The van der Waals surface area contributed by atoms with Crippen molar-refractivity contribution >= 4 is 23.4 Å². The molecule has 154 valence electrons. The first-order valence-corrected chi connectivity index (χ1v) is 10.8. The van der Waals surface area contributed by atoms with E-state index in [1.807, 2.05) is 9.80 Å². The SMILES string of the molecule is CN1CC[C@]2(C(=O)N3CCCC3)CCCN(C(=O)CCc3cc(Cl)no3)[C@H]2C1. The van der Waals surface area contributed by atoms with E-state index >= 15 is 0 Å². The zero-order chi connectivity index (χ0) is 19.7. The molecule has 0 saturated carbocycles. The second-order valence-corrected chi connectivity index (χ2v) is 8.88. The predicted molar refractivity (Wildman–Crippen MR) is 105 cm³/mol. The fourth-order valence-electron chi connectivity index (χ4n) is 5.20. The van der Waals surface area contributed by atoms with Gasteiger partial charge in [0, 0.05) is 45.1 Å². The third kappa shape index (κ3) is 3.66. The minimum Gasteiger partial charge on any atom is -0.360 e. The van der Waals surface area contributed by atoms with Crippen LogP contribution in [0.3, 0.4) is 0 Å². The average Bonchev–Trinajstić information content (AvgIpc) is 3.37. The van der Waals surface area contributed by atoms with Crippen LogP contribution in [0.25, 0.3) is 0 Å². The molecule has 0 radical (unpaired) electrons. The molecule has 0 aliphatic carbocycles. The molecule has 0 bridgehead atoms. The third-order valence-corrected chi connectivity index (χ3v) is 6.89. The van der Waals surface area contributed by atoms with Gasteiger partial charge in [-0.15, -0.1) is 0 Å². The molecule has 0 spiro atoms. The highest BCUT2D eigenvalue weighted by Gasteiger charge is 2.54. The lowest BCUT2D eigenvalue weighted by Crippen LogP contribution is -2.66. The number of carbonyl (C=O) groups is 2. The summed E-state index contributed by atoms with van der Waals surface area (Å²) < 4.78 is 5.13. The van der Waals surface area contributed by atoms with Crippen LogP contribution in [0.2, 0.25) is 5.15 Å². The number of hydrogen-bond donors (Lipinski definition) is 0. The maximum atomic E-state index is 13.5. The van der Waals surface area contributed by atoms with Crippen LogP contribution in [0, 0.1) is 5.41 Å². The summed E-state index contributed by atoms with van der Waals surface area (Å²) in [6.45, 7) is 4.13. The molecule has 0 unspecified atom stereocenters. The van der Waals surface area contributed by atoms with Crippen LogP contribution in [0.1, 0.15) is 44.3 Å². The van der Waals surface area contributed by atoms with Crippen LogP contribution in [0.4, 0.5) is 0 Å². The van der Waals surface area contributed by atoms with Crippen LogP contribution in [-0.2, 0) is 16.0 Å². The van der Waals surface area contributed by atoms with Gasteiger partial charge >= 0.3 is 0 Å². The van der Waals surface area contributed by atoms with E-state index < -0.39 is 5.41 Å². The van der Waals surface area contributed by atoms with Crippen molar-refractivity contribution in [1.29, 1.82) is 0 Å². The lowest BCUT2D eigenvalue weighted by atomic mass is 9.67. The number of amides is 2. The van der Waals surface area contributed by atoms with E-state index in [9.17, 15) is 9.59 Å². The van der Waals surface area contributed by atoms with E-state index in [1.54, 1.807) is 6.07 Å². The Morgan fingerprint density at radius 2 is 2.00 bits per heavy atom. The number of aromatic nitrogens is 1. The molecule has 3 saturated heterocycles. The van der Waals surface area contributed by atoms with Gasteiger partial charge in [-0.25, -0.2) is 0 Å². The summed E-state index contributed by atoms with van der Waals surface area (Å²) in [7, 11) is 2.08. The lowest BCUT2D eigenvalue weighted by molar-refractivity contribution is -0.160. The molecule has 28 heavy (non-hydrogen) atoms. The predicted octanol–water partition coefficient (Wildman–Crippen LogP) is 2.20. The molecule has 0 aromatic carbocycles. The number of carbonyl (C=O) groups excluding carboxylic acids is 2. The Balaban J connectivity index is 1.52. The fraction of sp³-hybridized carbons (Fsp3) is 0.750. The summed E-state index contributed by atoms with van der Waals surface area (Å²) in [5, 5.41) is 3.98. The van der Waals surface area contributed by atoms with Gasteiger partial charge in [0.2, 0.25) is 11.8 Å². The molecule has 2 amide bonds. The first-order valence-electron chi connectivity index (χ1n) is 10.4. The number of likely N-dealkylation sites (tertiary alicyclic amines) is 3. The van der Waals surface area contributed by atoms with Gasteiger partial charge in [-0.05, 0) is 45.7 Å². The summed E-state index contributed by atoms with van der Waals surface area (Å²) in [4.78, 5) is 32.9. The maximum Gasteiger partial charge on any atom is 0.230 e. The normalized spacial score (nSPS) is 28.4. The second-order valence-electron chi connectivity index (χ2n) is 8.49. The molecule has 2 atom stereocenters. The minimum atomic E-state index is -0.416. The van der Waals surface area contributed by atoms with E-state index in [-0.39, 0.29) is 17.9 Å². The summed E-state index contributed by atoms with van der Waals surface area (Å²) >= 11 is 5.80. The quantitative estimate of drug-likeness (QED) is 0.763. The van der Waals surface area contributed by atoms with Crippen LogP contribution in [0.15, 0.2) is 10.6 Å². The molecule has 7 nitrogen and oxygen atoms in total. The van der Waals surface area contributed by atoms with Gasteiger partial charge < -0.3 is 19.2 Å². The van der Waals surface area contributed by atoms with E-state index in [1.165, 1.54) is 0 Å². The number of halogens is 1. The highest BCUT2D eigenvalue weighted by Crippen LogP contribution is 2.44. The highest BCUT2D eigenvalue weighted by atomic mass is 35.5. The number of piperidine rings is 2. The maximum absolute atomic E-state index is 13.5. The summed E-state index contributed by atoms with van der Waals surface area (Å²) in [5.41, 5.74) is -0.416. The topological polar surface area (TPSA) is 69.9 Å². The van der Waals surface area contributed by atoms with Crippen LogP contribution in [0.5, 0.6) is 0 Å². The highest BCUT2D eigenvalue weighted by molar-refractivity contribution is 6.29. The third-order valence-electron chi connectivity index (χ3n) is 6.72. The molecule has 1 aromatic rings. The van der Waals surface area contributed by atoms with Gasteiger partial charge in [-0.1, -0.05) is 16.8 Å². The van der Waals surface area contributed by atoms with Crippen LogP contribution in [-0.4, -0.2) is 77.5 Å². The second kappa shape index (κ2) is 8.03. The number of hydrogen-bond acceptors (Lipinski definition) is 5. The molecular formula is C20H29ClN4O3. The Labute approximate surface area is 170 Å². The van der Waals surface area contributed by atoms with Crippen molar-refractivity contribution in [1.82, 2.24) is 19.9 Å². The molecule has 4 rings (SSSR count). The summed E-state index contributed by atoms with van der Waals surface area (Å²) in [6, 6.07) is 1.61. The van der Waals surface area contributed by atoms with Gasteiger partial charge in [0.1, 0.15) is 5.76 Å². The van der Waals surface area contributed by atoms with Gasteiger partial charge in [0.15, 0.2) is 5.15 Å². The van der Waals surface area contributed by atoms with E-state index in [4.69, 9.17) is 16.1 Å². The Hall–Kier alpha value is -1.60. The Morgan fingerprint density at radius 3 is 2.71 bits per heavy atom. The Kier molecular flexibility index (Phi) is 5.65. The number of likely N-dealkylation sites (N-methyl/N-ethyl adjacent to an activating group) is 1. The van der Waals surface area contributed by atoms with Gasteiger partial charge in [0.05, 0.1) is 11.5 Å². The smallest absolute Gasteiger partial charge is 0.230 e. The van der Waals surface area contributed by atoms with Crippen molar-refractivity contribution in [3.63, 3.8) is 0 Å². The number of aryl methyl sites for hydroxylation is 1. The van der Waals surface area contributed by atoms with E-state index in [0.29, 0.717) is 23.8 Å². The van der Waals surface area contributed by atoms with E-state index in [0.717, 1.165) is 64.8 Å². The lowest BCUT2D eigenvalue weighted by Gasteiger charge is -2.54. The number of fused-ring (bicyclic) bond motifs is 1. The molecule has 0 N–H and O–H groups in total. The monoisotopic (exact) mass is 408 g/mol. The van der Waals surface area contributed by atoms with Crippen molar-refractivity contribution in [2.75, 3.05) is 39.8 Å². The molecule has 4 heterocycles. The number of rotatable bonds is 4. The van der Waals surface area contributed by atoms with Crippen molar-refractivity contribution in [2.45, 2.75) is 51.0 Å². The van der Waals surface area contributed by atoms with Gasteiger partial charge in [-0.3, -0.25) is 9.59 Å². The van der Waals surface area contributed by atoms with Crippen molar-refractivity contribution in [2.24, 2.45) is 5.41 Å². The molecule has 3 aliphatic heterocycles. The van der Waals surface area contributed by atoms with Crippen molar-refractivity contribution < 1.29 is 14.1 Å². The molecule has 3 fully saturated rings. The number of nitrogens with zero attached hydrogens (tertiary/aromatic N) is 4. The Morgan fingerprint density at radius 1 is 1.21 bits per heavy atom. The zero-order valence-electron chi connectivity index (χ0n) is 16.5. The van der Waals surface area contributed by atoms with E-state index in [2.05, 4.69) is 17.1 Å². The zero-order valence-corrected chi connectivity index (χ0v) is 17.3. The van der Waals surface area contributed by atoms with Crippen molar-refractivity contribution in [3.05, 3.63) is 17.0 Å². The van der Waals surface area contributed by atoms with Crippen LogP contribution >= 0.6 is 11.6 Å². The molecule has 1 aromatic heterocycles. The Bertz CT molecular complexity index is 733. The first-order chi connectivity index (χ1) is 13.5. The fourth-order valence-corrected chi connectivity index (χ4v) is 5.35. The van der Waals surface area contributed by atoms with Crippen LogP contribution < -0.4 is 0 Å². The average molecular weight is 409 g/mol. The minimum absolute atomic E-state index is 0.0427.